The van der Waals surface area contributed by atoms with Crippen molar-refractivity contribution < 1.29 is 15.0 Å². The Morgan fingerprint density at radius 1 is 1.32 bits per heavy atom. The third kappa shape index (κ3) is 4.49. The summed E-state index contributed by atoms with van der Waals surface area (Å²) in [4.78, 5) is 16.2. The summed E-state index contributed by atoms with van der Waals surface area (Å²) in [5.74, 6) is 0.167. The van der Waals surface area contributed by atoms with Crippen LogP contribution in [0.25, 0.3) is 6.08 Å². The molecule has 5 nitrogen and oxygen atoms in total. The van der Waals surface area contributed by atoms with Crippen molar-refractivity contribution in [1.29, 1.82) is 0 Å². The fourth-order valence-corrected chi connectivity index (χ4v) is 2.66. The lowest BCUT2D eigenvalue weighted by molar-refractivity contribution is -0.125. The molecule has 0 radical (unpaired) electrons. The predicted octanol–water partition coefficient (Wildman–Crippen LogP) is 1.91. The first kappa shape index (κ1) is 16.4. The van der Waals surface area contributed by atoms with E-state index in [0.717, 1.165) is 32.5 Å². The smallest absolute Gasteiger partial charge is 0.246 e. The molecule has 0 unspecified atom stereocenters. The van der Waals surface area contributed by atoms with Gasteiger partial charge in [0.25, 0.3) is 0 Å². The lowest BCUT2D eigenvalue weighted by atomic mass is 9.96. The summed E-state index contributed by atoms with van der Waals surface area (Å²) in [5.41, 5.74) is 0.677. The number of amides is 1. The van der Waals surface area contributed by atoms with Crippen LogP contribution in [-0.2, 0) is 4.79 Å². The summed E-state index contributed by atoms with van der Waals surface area (Å²) in [6.45, 7) is 2.96. The molecule has 0 saturated carbocycles. The molecule has 1 heterocycles. The number of phenolic OH excluding ortho intramolecular Hbond substituents is 2. The van der Waals surface area contributed by atoms with Crippen molar-refractivity contribution in [2.24, 2.45) is 5.92 Å². The maximum Gasteiger partial charge on any atom is 0.246 e. The molecule has 0 bridgehead atoms. The van der Waals surface area contributed by atoms with Crippen LogP contribution in [-0.4, -0.2) is 59.6 Å². The van der Waals surface area contributed by atoms with E-state index in [0.29, 0.717) is 11.5 Å². The highest BCUT2D eigenvalue weighted by Crippen LogP contribution is 2.25. The number of carbonyl (C=O) groups is 1. The van der Waals surface area contributed by atoms with Crippen molar-refractivity contribution in [2.75, 3.05) is 33.7 Å². The summed E-state index contributed by atoms with van der Waals surface area (Å²) < 4.78 is 0. The molecule has 1 aromatic carbocycles. The molecular weight excluding hydrogens is 280 g/mol. The third-order valence-corrected chi connectivity index (χ3v) is 4.16. The van der Waals surface area contributed by atoms with Crippen molar-refractivity contribution in [3.05, 3.63) is 29.8 Å². The van der Waals surface area contributed by atoms with E-state index in [1.165, 1.54) is 18.2 Å². The fraction of sp³-hybridized carbons (Fsp3) is 0.471. The van der Waals surface area contributed by atoms with Crippen LogP contribution in [0.2, 0.25) is 0 Å². The zero-order chi connectivity index (χ0) is 16.1. The number of phenols is 2. The van der Waals surface area contributed by atoms with E-state index in [4.69, 9.17) is 0 Å². The maximum absolute atomic E-state index is 12.1. The topological polar surface area (TPSA) is 64.0 Å². The van der Waals surface area contributed by atoms with E-state index in [9.17, 15) is 15.0 Å². The van der Waals surface area contributed by atoms with Gasteiger partial charge in [0.05, 0.1) is 0 Å². The zero-order valence-electron chi connectivity index (χ0n) is 13.2. The number of aromatic hydroxyl groups is 2. The number of benzene rings is 1. The minimum absolute atomic E-state index is 0.0495. The second kappa shape index (κ2) is 7.31. The standard InChI is InChI=1S/C17H24N2O3/c1-18-9-7-14(8-10-18)12-19(2)17(22)6-4-13-3-5-15(20)16(21)11-13/h3-6,11,14,20-21H,7-10,12H2,1-2H3/b6-4+. The van der Waals surface area contributed by atoms with Crippen molar-refractivity contribution >= 4 is 12.0 Å². The maximum atomic E-state index is 12.1. The number of hydrogen-bond acceptors (Lipinski definition) is 4. The minimum atomic E-state index is -0.186. The van der Waals surface area contributed by atoms with Crippen molar-refractivity contribution in [3.8, 4) is 11.5 Å². The molecule has 0 atom stereocenters. The molecule has 1 aliphatic rings. The lowest BCUT2D eigenvalue weighted by Crippen LogP contribution is -2.37. The number of nitrogens with zero attached hydrogens (tertiary/aromatic N) is 2. The van der Waals surface area contributed by atoms with Gasteiger partial charge < -0.3 is 20.0 Å². The Bertz CT molecular complexity index is 549. The summed E-state index contributed by atoms with van der Waals surface area (Å²) in [7, 11) is 3.94. The second-order valence-electron chi connectivity index (χ2n) is 6.05. The normalized spacial score (nSPS) is 17.0. The van der Waals surface area contributed by atoms with Gasteiger partial charge in [-0.3, -0.25) is 4.79 Å². The van der Waals surface area contributed by atoms with Crippen LogP contribution in [0.3, 0.4) is 0 Å². The van der Waals surface area contributed by atoms with Crippen LogP contribution in [0.15, 0.2) is 24.3 Å². The van der Waals surface area contributed by atoms with Crippen LogP contribution in [0.4, 0.5) is 0 Å². The number of piperidine rings is 1. The summed E-state index contributed by atoms with van der Waals surface area (Å²) in [5, 5.41) is 18.7. The molecule has 0 spiro atoms. The molecule has 1 aliphatic heterocycles. The first-order chi connectivity index (χ1) is 10.5. The molecule has 2 rings (SSSR count). The van der Waals surface area contributed by atoms with Crippen LogP contribution in [0.1, 0.15) is 18.4 Å². The number of likely N-dealkylation sites (N-methyl/N-ethyl adjacent to an activating group) is 1. The van der Waals surface area contributed by atoms with Gasteiger partial charge in [-0.2, -0.15) is 0 Å². The second-order valence-corrected chi connectivity index (χ2v) is 6.05. The molecule has 1 saturated heterocycles. The fourth-order valence-electron chi connectivity index (χ4n) is 2.66. The van der Waals surface area contributed by atoms with Gasteiger partial charge in [-0.05, 0) is 62.7 Å². The van der Waals surface area contributed by atoms with Crippen LogP contribution < -0.4 is 0 Å². The highest BCUT2D eigenvalue weighted by atomic mass is 16.3. The Morgan fingerprint density at radius 3 is 2.64 bits per heavy atom. The first-order valence-corrected chi connectivity index (χ1v) is 7.59. The van der Waals surface area contributed by atoms with Gasteiger partial charge >= 0.3 is 0 Å². The number of hydrogen-bond donors (Lipinski definition) is 2. The average molecular weight is 304 g/mol. The van der Waals surface area contributed by atoms with E-state index in [2.05, 4.69) is 11.9 Å². The van der Waals surface area contributed by atoms with Crippen LogP contribution >= 0.6 is 0 Å². The Kier molecular flexibility index (Phi) is 5.44. The summed E-state index contributed by atoms with van der Waals surface area (Å²) in [6.07, 6.45) is 5.40. The monoisotopic (exact) mass is 304 g/mol. The Balaban J connectivity index is 1.87. The van der Waals surface area contributed by atoms with Gasteiger partial charge in [0.15, 0.2) is 11.5 Å². The van der Waals surface area contributed by atoms with Gasteiger partial charge in [-0.15, -0.1) is 0 Å². The van der Waals surface area contributed by atoms with Crippen molar-refractivity contribution in [2.45, 2.75) is 12.8 Å². The lowest BCUT2D eigenvalue weighted by Gasteiger charge is -2.31. The molecular formula is C17H24N2O3. The minimum Gasteiger partial charge on any atom is -0.504 e. The Labute approximate surface area is 131 Å². The SMILES string of the molecule is CN1CCC(CN(C)C(=O)/C=C/c2ccc(O)c(O)c2)CC1. The molecule has 1 amide bonds. The molecule has 0 aromatic heterocycles. The molecule has 1 aromatic rings. The van der Waals surface area contributed by atoms with Crippen LogP contribution in [0, 0.1) is 5.92 Å². The number of carbonyl (C=O) groups excluding carboxylic acids is 1. The van der Waals surface area contributed by atoms with E-state index in [-0.39, 0.29) is 17.4 Å². The number of rotatable bonds is 4. The highest BCUT2D eigenvalue weighted by Gasteiger charge is 2.19. The van der Waals surface area contributed by atoms with Crippen molar-refractivity contribution in [3.63, 3.8) is 0 Å². The summed E-state index contributed by atoms with van der Waals surface area (Å²) >= 11 is 0. The highest BCUT2D eigenvalue weighted by molar-refractivity contribution is 5.91. The average Bonchev–Trinajstić information content (AvgIpc) is 2.50. The molecule has 0 aliphatic carbocycles. The van der Waals surface area contributed by atoms with Crippen molar-refractivity contribution in [1.82, 2.24) is 9.80 Å². The quantitative estimate of drug-likeness (QED) is 0.659. The molecule has 120 valence electrons. The molecule has 2 N–H and O–H groups in total. The zero-order valence-corrected chi connectivity index (χ0v) is 13.2. The van der Waals surface area contributed by atoms with Gasteiger partial charge in [0.1, 0.15) is 0 Å². The van der Waals surface area contributed by atoms with E-state index in [1.54, 1.807) is 17.0 Å². The largest absolute Gasteiger partial charge is 0.504 e. The van der Waals surface area contributed by atoms with Gasteiger partial charge in [-0.25, -0.2) is 0 Å². The molecule has 1 fully saturated rings. The van der Waals surface area contributed by atoms with E-state index < -0.39 is 0 Å². The third-order valence-electron chi connectivity index (χ3n) is 4.16. The van der Waals surface area contributed by atoms with Gasteiger partial charge in [0, 0.05) is 19.7 Å². The van der Waals surface area contributed by atoms with Crippen LogP contribution in [0.5, 0.6) is 11.5 Å². The summed E-state index contributed by atoms with van der Waals surface area (Å²) in [6, 6.07) is 4.48. The Hall–Kier alpha value is -2.01. The first-order valence-electron chi connectivity index (χ1n) is 7.59. The molecule has 5 heteroatoms. The van der Waals surface area contributed by atoms with E-state index in [1.807, 2.05) is 7.05 Å². The van der Waals surface area contributed by atoms with Gasteiger partial charge in [-0.1, -0.05) is 6.07 Å². The van der Waals surface area contributed by atoms with Gasteiger partial charge in [0.2, 0.25) is 5.91 Å². The van der Waals surface area contributed by atoms with E-state index >= 15 is 0 Å². The molecule has 22 heavy (non-hydrogen) atoms. The number of likely N-dealkylation sites (tertiary alicyclic amines) is 1. The Morgan fingerprint density at radius 2 is 2.00 bits per heavy atom. The predicted molar refractivity (Wildman–Crippen MR) is 86.7 cm³/mol.